The normalized spacial score (nSPS) is 14.8. The smallest absolute Gasteiger partial charge is 0.310 e. The monoisotopic (exact) mass is 380 g/mol. The maximum absolute atomic E-state index is 10.1. The minimum Gasteiger partial charge on any atom is -0.479 e. The van der Waals surface area contributed by atoms with Crippen molar-refractivity contribution in [1.82, 2.24) is 4.98 Å². The molecule has 0 amide bonds. The molecule has 0 unspecified atom stereocenters. The van der Waals surface area contributed by atoms with Crippen LogP contribution < -0.4 is 0 Å². The van der Waals surface area contributed by atoms with Crippen LogP contribution in [0.15, 0.2) is 62.4 Å². The van der Waals surface area contributed by atoms with E-state index in [1.54, 1.807) is 0 Å². The molecule has 2 heterocycles. The van der Waals surface area contributed by atoms with Gasteiger partial charge in [0.2, 0.25) is 5.89 Å². The van der Waals surface area contributed by atoms with E-state index in [0.717, 1.165) is 32.6 Å². The lowest BCUT2D eigenvalue weighted by atomic mass is 10.0. The van der Waals surface area contributed by atoms with Crippen LogP contribution in [-0.2, 0) is 0 Å². The number of rotatable bonds is 2. The first-order chi connectivity index (χ1) is 11.6. The van der Waals surface area contributed by atoms with Crippen LogP contribution in [-0.4, -0.2) is 15.8 Å². The molecule has 1 aliphatic rings. The number of allylic oxidation sites excluding steroid dienone is 1. The largest absolute Gasteiger partial charge is 0.479 e. The highest BCUT2D eigenvalue weighted by Gasteiger charge is 2.20. The number of oxazole rings is 1. The Labute approximate surface area is 147 Å². The van der Waals surface area contributed by atoms with Crippen molar-refractivity contribution in [3.63, 3.8) is 0 Å². The van der Waals surface area contributed by atoms with Gasteiger partial charge >= 0.3 is 5.95 Å². The van der Waals surface area contributed by atoms with Crippen LogP contribution in [0.4, 0.5) is 5.69 Å². The van der Waals surface area contributed by atoms with E-state index < -0.39 is 0 Å². The Morgan fingerprint density at radius 2 is 1.96 bits per heavy atom. The Morgan fingerprint density at radius 1 is 1.12 bits per heavy atom. The fourth-order valence-electron chi connectivity index (χ4n) is 2.72. The van der Waals surface area contributed by atoms with Crippen molar-refractivity contribution in [2.75, 3.05) is 0 Å². The molecule has 0 radical (unpaired) electrons. The molecule has 2 aromatic carbocycles. The van der Waals surface area contributed by atoms with E-state index in [1.165, 1.54) is 0 Å². The summed E-state index contributed by atoms with van der Waals surface area (Å²) in [5.41, 5.74) is 4.98. The van der Waals surface area contributed by atoms with Gasteiger partial charge in [-0.3, -0.25) is 4.99 Å². The van der Waals surface area contributed by atoms with Crippen LogP contribution in [0.1, 0.15) is 18.2 Å². The number of fused-ring (bicyclic) bond motifs is 1. The maximum Gasteiger partial charge on any atom is 0.310 e. The number of aromatic hydroxyl groups is 1. The molecule has 1 N–H and O–H groups in total. The Morgan fingerprint density at radius 3 is 2.79 bits per heavy atom. The summed E-state index contributed by atoms with van der Waals surface area (Å²) in [6.45, 7) is 1.94. The van der Waals surface area contributed by atoms with E-state index in [4.69, 9.17) is 4.42 Å². The first-order valence-corrected chi connectivity index (χ1v) is 8.23. The van der Waals surface area contributed by atoms with E-state index in [1.807, 2.05) is 61.5 Å². The van der Waals surface area contributed by atoms with Crippen molar-refractivity contribution < 1.29 is 9.52 Å². The molecule has 0 saturated carbocycles. The zero-order valence-electron chi connectivity index (χ0n) is 12.8. The minimum atomic E-state index is -0.199. The molecule has 0 aliphatic carbocycles. The summed E-state index contributed by atoms with van der Waals surface area (Å²) in [5.74, 6) is 0.177. The van der Waals surface area contributed by atoms with Gasteiger partial charge in [0.15, 0.2) is 0 Å². The number of benzene rings is 2. The van der Waals surface area contributed by atoms with Gasteiger partial charge in [-0.25, -0.2) is 4.98 Å². The van der Waals surface area contributed by atoms with Crippen LogP contribution in [0.25, 0.3) is 23.1 Å². The third kappa shape index (κ3) is 2.57. The summed E-state index contributed by atoms with van der Waals surface area (Å²) in [4.78, 5) is 8.96. The molecule has 1 aliphatic heterocycles. The third-order valence-corrected chi connectivity index (χ3v) is 4.35. The van der Waals surface area contributed by atoms with Gasteiger partial charge in [-0.2, -0.15) is 0 Å². The first kappa shape index (κ1) is 14.9. The van der Waals surface area contributed by atoms with Gasteiger partial charge in [0.25, 0.3) is 0 Å². The van der Waals surface area contributed by atoms with Gasteiger partial charge in [-0.1, -0.05) is 40.2 Å². The second kappa shape index (κ2) is 5.76. The van der Waals surface area contributed by atoms with Gasteiger partial charge in [0, 0.05) is 26.9 Å². The van der Waals surface area contributed by atoms with E-state index in [-0.39, 0.29) is 5.95 Å². The highest BCUT2D eigenvalue weighted by molar-refractivity contribution is 9.10. The average molecular weight is 381 g/mol. The van der Waals surface area contributed by atoms with Gasteiger partial charge in [0.05, 0.1) is 5.69 Å². The summed E-state index contributed by atoms with van der Waals surface area (Å²) in [6, 6.07) is 15.5. The number of nitrogens with zero attached hydrogens (tertiary/aromatic N) is 2. The van der Waals surface area contributed by atoms with Gasteiger partial charge < -0.3 is 9.52 Å². The molecule has 0 spiro atoms. The highest BCUT2D eigenvalue weighted by atomic mass is 79.9. The molecule has 4 rings (SSSR count). The molecule has 3 aromatic rings. The number of aliphatic imine (C=N–C) groups is 1. The Bertz CT molecular complexity index is 1000. The van der Waals surface area contributed by atoms with Gasteiger partial charge in [0.1, 0.15) is 5.69 Å². The predicted molar refractivity (Wildman–Crippen MR) is 98.4 cm³/mol. The zero-order chi connectivity index (χ0) is 16.7. The molecule has 0 fully saturated rings. The lowest BCUT2D eigenvalue weighted by Crippen LogP contribution is -1.90. The number of hydrogen-bond acceptors (Lipinski definition) is 4. The molecule has 5 heteroatoms. The van der Waals surface area contributed by atoms with Crippen molar-refractivity contribution in [2.45, 2.75) is 6.92 Å². The number of hydrogen-bond donors (Lipinski definition) is 1. The zero-order valence-corrected chi connectivity index (χ0v) is 14.4. The number of para-hydroxylation sites is 1. The second-order valence-corrected chi connectivity index (χ2v) is 6.41. The molecule has 0 saturated heterocycles. The Kier molecular flexibility index (Phi) is 3.58. The summed E-state index contributed by atoms with van der Waals surface area (Å²) in [6.07, 6.45) is 1.81. The van der Waals surface area contributed by atoms with Crippen LogP contribution in [0.3, 0.4) is 0 Å². The maximum atomic E-state index is 10.1. The van der Waals surface area contributed by atoms with Gasteiger partial charge in [-0.05, 0) is 37.3 Å². The van der Waals surface area contributed by atoms with Crippen molar-refractivity contribution in [2.24, 2.45) is 4.99 Å². The standard InChI is InChI=1S/C19H13BrN2O2/c1-11-15(14-7-2-3-8-16(14)21-11)10-17-19(23)24-18(22-17)12-5-4-6-13(20)9-12/h2-10,23H,1H3/b15-10+. The lowest BCUT2D eigenvalue weighted by Gasteiger charge is -1.99. The summed E-state index contributed by atoms with van der Waals surface area (Å²) >= 11 is 3.42. The highest BCUT2D eigenvalue weighted by Crippen LogP contribution is 2.37. The molecular weight excluding hydrogens is 368 g/mol. The molecule has 118 valence electrons. The van der Waals surface area contributed by atoms with Crippen molar-refractivity contribution in [3.05, 3.63) is 64.3 Å². The van der Waals surface area contributed by atoms with Gasteiger partial charge in [-0.15, -0.1) is 0 Å². The quantitative estimate of drug-likeness (QED) is 0.642. The van der Waals surface area contributed by atoms with Crippen molar-refractivity contribution in [3.8, 4) is 17.4 Å². The minimum absolute atomic E-state index is 0.199. The third-order valence-electron chi connectivity index (χ3n) is 3.86. The summed E-state index contributed by atoms with van der Waals surface area (Å²) in [5, 5.41) is 10.1. The lowest BCUT2D eigenvalue weighted by molar-refractivity contribution is 0.336. The summed E-state index contributed by atoms with van der Waals surface area (Å²) in [7, 11) is 0. The topological polar surface area (TPSA) is 58.6 Å². The van der Waals surface area contributed by atoms with Crippen LogP contribution in [0.5, 0.6) is 5.95 Å². The number of halogens is 1. The van der Waals surface area contributed by atoms with E-state index in [9.17, 15) is 5.11 Å². The Balaban J connectivity index is 1.78. The molecule has 4 nitrogen and oxygen atoms in total. The molecule has 1 aromatic heterocycles. The molecule has 0 bridgehead atoms. The van der Waals surface area contributed by atoms with Crippen LogP contribution >= 0.6 is 15.9 Å². The molecular formula is C19H13BrN2O2. The van der Waals surface area contributed by atoms with Crippen LogP contribution in [0.2, 0.25) is 0 Å². The fourth-order valence-corrected chi connectivity index (χ4v) is 3.12. The molecule has 0 atom stereocenters. The van der Waals surface area contributed by atoms with Crippen molar-refractivity contribution >= 4 is 39.0 Å². The Hall–Kier alpha value is -2.66. The van der Waals surface area contributed by atoms with Crippen LogP contribution in [0, 0.1) is 0 Å². The second-order valence-electron chi connectivity index (χ2n) is 5.49. The first-order valence-electron chi connectivity index (χ1n) is 7.44. The van der Waals surface area contributed by atoms with Crippen molar-refractivity contribution in [1.29, 1.82) is 0 Å². The predicted octanol–water partition coefficient (Wildman–Crippen LogP) is 5.46. The van der Waals surface area contributed by atoms with E-state index >= 15 is 0 Å². The SMILES string of the molecule is CC1=Nc2ccccc2/C1=C/c1nc(-c2cccc(Br)c2)oc1O. The average Bonchev–Trinajstić information content (AvgIpc) is 3.09. The summed E-state index contributed by atoms with van der Waals surface area (Å²) < 4.78 is 6.35. The van der Waals surface area contributed by atoms with E-state index in [0.29, 0.717) is 11.6 Å². The fraction of sp³-hybridized carbons (Fsp3) is 0.0526. The molecule has 24 heavy (non-hydrogen) atoms. The van der Waals surface area contributed by atoms with E-state index in [2.05, 4.69) is 25.9 Å². The number of aromatic nitrogens is 1.